The molecule has 0 atom stereocenters. The highest BCUT2D eigenvalue weighted by Gasteiger charge is 2.18. The molecular weight excluding hydrogens is 242 g/mol. The fraction of sp³-hybridized carbons (Fsp3) is 0.600. The Balaban J connectivity index is 1.72. The topological polar surface area (TPSA) is 41.9 Å². The van der Waals surface area contributed by atoms with Gasteiger partial charge < -0.3 is 14.6 Å². The molecule has 19 heavy (non-hydrogen) atoms. The lowest BCUT2D eigenvalue weighted by Gasteiger charge is -2.30. The molecule has 1 aliphatic heterocycles. The quantitative estimate of drug-likeness (QED) is 0.851. The van der Waals surface area contributed by atoms with Crippen molar-refractivity contribution in [3.05, 3.63) is 24.3 Å². The van der Waals surface area contributed by atoms with E-state index >= 15 is 0 Å². The van der Waals surface area contributed by atoms with Crippen molar-refractivity contribution in [1.82, 2.24) is 4.90 Å². The first kappa shape index (κ1) is 14.2. The normalized spacial score (nSPS) is 17.4. The van der Waals surface area contributed by atoms with Gasteiger partial charge in [-0.1, -0.05) is 12.1 Å². The van der Waals surface area contributed by atoms with Crippen molar-refractivity contribution >= 4 is 0 Å². The highest BCUT2D eigenvalue weighted by Crippen LogP contribution is 2.25. The molecule has 0 amide bonds. The third-order valence-electron chi connectivity index (χ3n) is 3.70. The number of ether oxygens (including phenoxy) is 2. The molecule has 0 radical (unpaired) electrons. The zero-order chi connectivity index (χ0) is 13.5. The molecule has 4 heteroatoms. The minimum Gasteiger partial charge on any atom is -0.493 e. The smallest absolute Gasteiger partial charge is 0.161 e. The van der Waals surface area contributed by atoms with Crippen LogP contribution in [-0.4, -0.2) is 50.0 Å². The van der Waals surface area contributed by atoms with Gasteiger partial charge in [0.15, 0.2) is 11.5 Å². The predicted molar refractivity (Wildman–Crippen MR) is 74.7 cm³/mol. The Kier molecular flexibility index (Phi) is 5.48. The van der Waals surface area contributed by atoms with E-state index in [1.54, 1.807) is 7.11 Å². The number of aliphatic hydroxyl groups is 1. The Morgan fingerprint density at radius 2 is 1.89 bits per heavy atom. The van der Waals surface area contributed by atoms with Gasteiger partial charge in [0.2, 0.25) is 0 Å². The summed E-state index contributed by atoms with van der Waals surface area (Å²) >= 11 is 0. The number of hydrogen-bond acceptors (Lipinski definition) is 4. The average molecular weight is 265 g/mol. The van der Waals surface area contributed by atoms with E-state index in [4.69, 9.17) is 14.6 Å². The van der Waals surface area contributed by atoms with Gasteiger partial charge in [0.05, 0.1) is 7.11 Å². The SMILES string of the molecule is COc1ccccc1OCCN1CCC(CO)CC1. The molecule has 4 nitrogen and oxygen atoms in total. The van der Waals surface area contributed by atoms with Gasteiger partial charge in [-0.25, -0.2) is 0 Å². The molecule has 0 aromatic heterocycles. The molecule has 2 rings (SSSR count). The lowest BCUT2D eigenvalue weighted by atomic mass is 9.98. The number of likely N-dealkylation sites (tertiary alicyclic amines) is 1. The number of rotatable bonds is 6. The second-order valence-electron chi connectivity index (χ2n) is 4.97. The van der Waals surface area contributed by atoms with E-state index in [0.29, 0.717) is 19.1 Å². The van der Waals surface area contributed by atoms with Crippen molar-refractivity contribution in [2.45, 2.75) is 12.8 Å². The molecule has 1 N–H and O–H groups in total. The largest absolute Gasteiger partial charge is 0.493 e. The summed E-state index contributed by atoms with van der Waals surface area (Å²) in [5.74, 6) is 2.07. The summed E-state index contributed by atoms with van der Waals surface area (Å²) in [6.45, 7) is 4.03. The Morgan fingerprint density at radius 3 is 2.53 bits per heavy atom. The van der Waals surface area contributed by atoms with Crippen LogP contribution in [0.5, 0.6) is 11.5 Å². The van der Waals surface area contributed by atoms with Crippen LogP contribution in [0.25, 0.3) is 0 Å². The standard InChI is InChI=1S/C15H23NO3/c1-18-14-4-2-3-5-15(14)19-11-10-16-8-6-13(12-17)7-9-16/h2-5,13,17H,6-12H2,1H3. The molecule has 1 saturated heterocycles. The van der Waals surface area contributed by atoms with E-state index in [1.807, 2.05) is 24.3 Å². The van der Waals surface area contributed by atoms with Crippen LogP contribution < -0.4 is 9.47 Å². The van der Waals surface area contributed by atoms with Crippen molar-refractivity contribution in [2.24, 2.45) is 5.92 Å². The number of para-hydroxylation sites is 2. The summed E-state index contributed by atoms with van der Waals surface area (Å²) < 4.78 is 11.0. The average Bonchev–Trinajstić information content (AvgIpc) is 2.48. The van der Waals surface area contributed by atoms with E-state index in [9.17, 15) is 0 Å². The van der Waals surface area contributed by atoms with Crippen molar-refractivity contribution in [2.75, 3.05) is 40.0 Å². The van der Waals surface area contributed by atoms with Crippen LogP contribution in [-0.2, 0) is 0 Å². The number of piperidine rings is 1. The molecular formula is C15H23NO3. The first-order valence-corrected chi connectivity index (χ1v) is 6.92. The second-order valence-corrected chi connectivity index (χ2v) is 4.97. The zero-order valence-corrected chi connectivity index (χ0v) is 11.5. The summed E-state index contributed by atoms with van der Waals surface area (Å²) in [5, 5.41) is 9.10. The Bertz CT molecular complexity index is 375. The summed E-state index contributed by atoms with van der Waals surface area (Å²) in [4.78, 5) is 2.39. The number of benzene rings is 1. The first-order valence-electron chi connectivity index (χ1n) is 6.92. The summed E-state index contributed by atoms with van der Waals surface area (Å²) in [5.41, 5.74) is 0. The monoisotopic (exact) mass is 265 g/mol. The van der Waals surface area contributed by atoms with Gasteiger partial charge in [0, 0.05) is 13.2 Å². The third kappa shape index (κ3) is 4.11. The molecule has 0 unspecified atom stereocenters. The van der Waals surface area contributed by atoms with E-state index in [0.717, 1.165) is 44.0 Å². The van der Waals surface area contributed by atoms with Crippen LogP contribution >= 0.6 is 0 Å². The van der Waals surface area contributed by atoms with E-state index < -0.39 is 0 Å². The molecule has 1 heterocycles. The molecule has 0 saturated carbocycles. The van der Waals surface area contributed by atoms with E-state index in [-0.39, 0.29) is 0 Å². The molecule has 1 aromatic rings. The molecule has 0 aliphatic carbocycles. The molecule has 1 aromatic carbocycles. The van der Waals surface area contributed by atoms with Crippen LogP contribution in [0.4, 0.5) is 0 Å². The Hall–Kier alpha value is -1.26. The van der Waals surface area contributed by atoms with Crippen molar-refractivity contribution in [1.29, 1.82) is 0 Å². The maximum absolute atomic E-state index is 9.10. The van der Waals surface area contributed by atoms with Crippen molar-refractivity contribution < 1.29 is 14.6 Å². The lowest BCUT2D eigenvalue weighted by Crippen LogP contribution is -2.37. The number of nitrogens with zero attached hydrogens (tertiary/aromatic N) is 1. The minimum absolute atomic E-state index is 0.325. The predicted octanol–water partition coefficient (Wildman–Crippen LogP) is 1.78. The van der Waals surface area contributed by atoms with Gasteiger partial charge in [0.25, 0.3) is 0 Å². The lowest BCUT2D eigenvalue weighted by molar-refractivity contribution is 0.118. The molecule has 0 bridgehead atoms. The highest BCUT2D eigenvalue weighted by atomic mass is 16.5. The van der Waals surface area contributed by atoms with Crippen LogP contribution in [0.2, 0.25) is 0 Å². The summed E-state index contributed by atoms with van der Waals surface area (Å²) in [6, 6.07) is 7.72. The van der Waals surface area contributed by atoms with Gasteiger partial charge >= 0.3 is 0 Å². The Morgan fingerprint density at radius 1 is 1.21 bits per heavy atom. The number of methoxy groups -OCH3 is 1. The Labute approximate surface area is 114 Å². The molecule has 1 aliphatic rings. The van der Waals surface area contributed by atoms with Crippen LogP contribution in [0, 0.1) is 5.92 Å². The first-order chi connectivity index (χ1) is 9.33. The zero-order valence-electron chi connectivity index (χ0n) is 11.5. The fourth-order valence-electron chi connectivity index (χ4n) is 2.42. The van der Waals surface area contributed by atoms with Gasteiger partial charge in [0.1, 0.15) is 6.61 Å². The summed E-state index contributed by atoms with van der Waals surface area (Å²) in [7, 11) is 1.65. The number of aliphatic hydroxyl groups excluding tert-OH is 1. The van der Waals surface area contributed by atoms with E-state index in [1.165, 1.54) is 0 Å². The molecule has 0 spiro atoms. The highest BCUT2D eigenvalue weighted by molar-refractivity contribution is 5.39. The molecule has 106 valence electrons. The maximum atomic E-state index is 9.10. The third-order valence-corrected chi connectivity index (χ3v) is 3.70. The van der Waals surface area contributed by atoms with Gasteiger partial charge in [-0.15, -0.1) is 0 Å². The van der Waals surface area contributed by atoms with Crippen LogP contribution in [0.15, 0.2) is 24.3 Å². The van der Waals surface area contributed by atoms with Crippen LogP contribution in [0.1, 0.15) is 12.8 Å². The van der Waals surface area contributed by atoms with Crippen LogP contribution in [0.3, 0.4) is 0 Å². The fourth-order valence-corrected chi connectivity index (χ4v) is 2.42. The van der Waals surface area contributed by atoms with E-state index in [2.05, 4.69) is 4.90 Å². The van der Waals surface area contributed by atoms with Gasteiger partial charge in [-0.05, 0) is 44.0 Å². The van der Waals surface area contributed by atoms with Gasteiger partial charge in [-0.3, -0.25) is 4.90 Å². The number of hydrogen-bond donors (Lipinski definition) is 1. The van der Waals surface area contributed by atoms with Crippen molar-refractivity contribution in [3.8, 4) is 11.5 Å². The molecule has 1 fully saturated rings. The summed E-state index contributed by atoms with van der Waals surface area (Å²) in [6.07, 6.45) is 2.18. The van der Waals surface area contributed by atoms with Gasteiger partial charge in [-0.2, -0.15) is 0 Å². The van der Waals surface area contributed by atoms with Crippen molar-refractivity contribution in [3.63, 3.8) is 0 Å². The maximum Gasteiger partial charge on any atom is 0.161 e. The second kappa shape index (κ2) is 7.36. The minimum atomic E-state index is 0.325.